The number of benzene rings is 2. The summed E-state index contributed by atoms with van der Waals surface area (Å²) >= 11 is 0. The van der Waals surface area contributed by atoms with Gasteiger partial charge in [0.25, 0.3) is 0 Å². The molecule has 0 saturated heterocycles. The summed E-state index contributed by atoms with van der Waals surface area (Å²) in [6.45, 7) is 5.50. The minimum atomic E-state index is -0.0318. The zero-order chi connectivity index (χ0) is 23.8. The van der Waals surface area contributed by atoms with Crippen molar-refractivity contribution in [3.63, 3.8) is 0 Å². The number of Topliss-reactive ketones (excluding diaryl/α,β-unsaturated/α-hetero) is 1. The van der Waals surface area contributed by atoms with Gasteiger partial charge in [0.05, 0.1) is 0 Å². The van der Waals surface area contributed by atoms with Gasteiger partial charge in [0, 0.05) is 28.4 Å². The van der Waals surface area contributed by atoms with E-state index in [0.717, 1.165) is 49.2 Å². The van der Waals surface area contributed by atoms with E-state index in [1.807, 2.05) is 6.07 Å². The third-order valence-electron chi connectivity index (χ3n) is 11.0. The number of ether oxygens (including phenoxy) is 1. The molecule has 4 aliphatic carbocycles. The van der Waals surface area contributed by atoms with Crippen LogP contribution >= 0.6 is 0 Å². The highest BCUT2D eigenvalue weighted by Gasteiger charge is 2.60. The molecule has 0 unspecified atom stereocenters. The molecule has 0 bridgehead atoms. The summed E-state index contributed by atoms with van der Waals surface area (Å²) in [6, 6.07) is 17.0. The van der Waals surface area contributed by atoms with Gasteiger partial charge < -0.3 is 9.72 Å². The number of ketones is 1. The van der Waals surface area contributed by atoms with Gasteiger partial charge in [-0.25, -0.2) is 0 Å². The summed E-state index contributed by atoms with van der Waals surface area (Å²) in [5.74, 6) is 4.36. The van der Waals surface area contributed by atoms with Crippen LogP contribution in [0.4, 0.5) is 0 Å². The van der Waals surface area contributed by atoms with Crippen LogP contribution in [0.5, 0.6) is 5.75 Å². The van der Waals surface area contributed by atoms with Crippen molar-refractivity contribution in [1.82, 2.24) is 4.98 Å². The molecule has 182 valence electrons. The van der Waals surface area contributed by atoms with Gasteiger partial charge >= 0.3 is 0 Å². The van der Waals surface area contributed by atoms with Crippen molar-refractivity contribution < 1.29 is 9.53 Å². The second-order valence-corrected chi connectivity index (χ2v) is 12.5. The second kappa shape index (κ2) is 7.72. The topological polar surface area (TPSA) is 42.1 Å². The molecule has 3 heteroatoms. The molecule has 1 aromatic heterocycles. The second-order valence-electron chi connectivity index (χ2n) is 12.5. The molecule has 0 spiro atoms. The van der Waals surface area contributed by atoms with Gasteiger partial charge in [-0.15, -0.1) is 0 Å². The Bertz CT molecular complexity index is 1290. The molecular formula is C32H37NO2. The highest BCUT2D eigenvalue weighted by Crippen LogP contribution is 2.65. The SMILES string of the molecule is C[C@]12Cc3c([nH]c4ccc(OCc5ccccc5)cc34)C[C@@H]1CC[C@@H]1[C@@H]2CC[C@]2(C)C(=O)CC[C@@H]12. The van der Waals surface area contributed by atoms with Crippen molar-refractivity contribution in [1.29, 1.82) is 0 Å². The number of hydrogen-bond acceptors (Lipinski definition) is 2. The maximum Gasteiger partial charge on any atom is 0.139 e. The summed E-state index contributed by atoms with van der Waals surface area (Å²) in [5, 5.41) is 1.35. The number of rotatable bonds is 3. The quantitative estimate of drug-likeness (QED) is 0.440. The first-order valence-corrected chi connectivity index (χ1v) is 13.8. The van der Waals surface area contributed by atoms with Crippen LogP contribution in [0, 0.1) is 34.5 Å². The summed E-state index contributed by atoms with van der Waals surface area (Å²) in [4.78, 5) is 16.6. The van der Waals surface area contributed by atoms with Gasteiger partial charge in [0.2, 0.25) is 0 Å². The van der Waals surface area contributed by atoms with E-state index in [1.54, 1.807) is 0 Å². The van der Waals surface area contributed by atoms with Crippen molar-refractivity contribution in [2.75, 3.05) is 0 Å². The van der Waals surface area contributed by atoms with Crippen LogP contribution in [0.2, 0.25) is 0 Å². The summed E-state index contributed by atoms with van der Waals surface area (Å²) in [6.07, 6.45) is 9.28. The monoisotopic (exact) mass is 467 g/mol. The normalized spacial score (nSPS) is 35.8. The molecule has 3 fully saturated rings. The smallest absolute Gasteiger partial charge is 0.139 e. The largest absolute Gasteiger partial charge is 0.489 e. The first-order chi connectivity index (χ1) is 17.0. The van der Waals surface area contributed by atoms with Gasteiger partial charge in [0.15, 0.2) is 0 Å². The molecule has 3 aromatic rings. The lowest BCUT2D eigenvalue weighted by Gasteiger charge is -2.59. The first kappa shape index (κ1) is 21.7. The highest BCUT2D eigenvalue weighted by atomic mass is 16.5. The minimum Gasteiger partial charge on any atom is -0.489 e. The van der Waals surface area contributed by atoms with Crippen molar-refractivity contribution in [2.24, 2.45) is 34.5 Å². The minimum absolute atomic E-state index is 0.0318. The zero-order valence-electron chi connectivity index (χ0n) is 21.1. The van der Waals surface area contributed by atoms with Crippen LogP contribution in [0.15, 0.2) is 48.5 Å². The predicted octanol–water partition coefficient (Wildman–Crippen LogP) is 7.27. The maximum atomic E-state index is 12.8. The van der Waals surface area contributed by atoms with Crippen molar-refractivity contribution in [3.05, 3.63) is 65.4 Å². The number of hydrogen-bond donors (Lipinski definition) is 1. The fourth-order valence-electron chi connectivity index (χ4n) is 9.03. The Morgan fingerprint density at radius 1 is 1.00 bits per heavy atom. The molecule has 4 aliphatic rings. The van der Waals surface area contributed by atoms with E-state index in [4.69, 9.17) is 4.74 Å². The molecule has 1 heterocycles. The van der Waals surface area contributed by atoms with E-state index in [0.29, 0.717) is 23.7 Å². The van der Waals surface area contributed by atoms with Crippen LogP contribution in [0.3, 0.4) is 0 Å². The average molecular weight is 468 g/mol. The van der Waals surface area contributed by atoms with Crippen LogP contribution in [0.1, 0.15) is 69.2 Å². The Labute approximate surface area is 208 Å². The highest BCUT2D eigenvalue weighted by molar-refractivity contribution is 5.87. The van der Waals surface area contributed by atoms with Crippen LogP contribution in [0.25, 0.3) is 10.9 Å². The number of aromatic nitrogens is 1. The molecule has 2 aromatic carbocycles. The Morgan fingerprint density at radius 2 is 1.86 bits per heavy atom. The molecule has 35 heavy (non-hydrogen) atoms. The fourth-order valence-corrected chi connectivity index (χ4v) is 9.03. The predicted molar refractivity (Wildman–Crippen MR) is 139 cm³/mol. The van der Waals surface area contributed by atoms with Gasteiger partial charge in [-0.2, -0.15) is 0 Å². The molecule has 0 aliphatic heterocycles. The lowest BCUT2D eigenvalue weighted by molar-refractivity contribution is -0.136. The van der Waals surface area contributed by atoms with E-state index in [1.165, 1.54) is 53.4 Å². The molecule has 7 rings (SSSR count). The third kappa shape index (κ3) is 3.19. The number of fused-ring (bicyclic) bond motifs is 8. The van der Waals surface area contributed by atoms with Crippen molar-refractivity contribution in [2.45, 2.75) is 71.8 Å². The van der Waals surface area contributed by atoms with Crippen molar-refractivity contribution >= 4 is 16.7 Å². The molecule has 0 radical (unpaired) electrons. The van der Waals surface area contributed by atoms with Gasteiger partial charge in [-0.05, 0) is 103 Å². The van der Waals surface area contributed by atoms with Gasteiger partial charge in [0.1, 0.15) is 18.1 Å². The Kier molecular flexibility index (Phi) is 4.79. The number of carbonyl (C=O) groups excluding carboxylic acids is 1. The molecule has 6 atom stereocenters. The lowest BCUT2D eigenvalue weighted by atomic mass is 9.45. The summed E-state index contributed by atoms with van der Waals surface area (Å²) in [5.41, 5.74) is 5.73. The molecule has 1 N–H and O–H groups in total. The van der Waals surface area contributed by atoms with E-state index in [-0.39, 0.29) is 5.41 Å². The fraction of sp³-hybridized carbons (Fsp3) is 0.531. The third-order valence-corrected chi connectivity index (χ3v) is 11.0. The number of aromatic amines is 1. The standard InChI is InChI=1S/C32H37NO2/c1-31-15-14-27-23(26(31)11-13-30(31)34)10-8-21-16-29-25(18-32(21,27)2)24-17-22(9-12-28(24)33-29)35-19-20-6-4-3-5-7-20/h3-7,9,12,17,21,23,26-27,33H,8,10-11,13-16,18-19H2,1-2H3/t21-,23-,26-,27-,31-,32-/m0/s1. The van der Waals surface area contributed by atoms with Crippen LogP contribution in [-0.2, 0) is 24.2 Å². The zero-order valence-corrected chi connectivity index (χ0v) is 21.1. The summed E-state index contributed by atoms with van der Waals surface area (Å²) in [7, 11) is 0. The van der Waals surface area contributed by atoms with E-state index in [9.17, 15) is 4.79 Å². The van der Waals surface area contributed by atoms with Crippen LogP contribution in [-0.4, -0.2) is 10.8 Å². The molecular weight excluding hydrogens is 430 g/mol. The lowest BCUT2D eigenvalue weighted by Crippen LogP contribution is -2.54. The Hall–Kier alpha value is -2.55. The average Bonchev–Trinajstić information content (AvgIpc) is 3.37. The maximum absolute atomic E-state index is 12.8. The Morgan fingerprint density at radius 3 is 2.71 bits per heavy atom. The summed E-state index contributed by atoms with van der Waals surface area (Å²) < 4.78 is 6.20. The van der Waals surface area contributed by atoms with Gasteiger partial charge in [-0.3, -0.25) is 4.79 Å². The molecule has 0 amide bonds. The van der Waals surface area contributed by atoms with Crippen LogP contribution < -0.4 is 4.74 Å². The van der Waals surface area contributed by atoms with E-state index in [2.05, 4.69) is 61.3 Å². The van der Waals surface area contributed by atoms with Crippen molar-refractivity contribution in [3.8, 4) is 5.75 Å². The number of nitrogens with one attached hydrogen (secondary N) is 1. The number of carbonyl (C=O) groups is 1. The molecule has 3 nitrogen and oxygen atoms in total. The van der Waals surface area contributed by atoms with Gasteiger partial charge in [-0.1, -0.05) is 44.2 Å². The first-order valence-electron chi connectivity index (χ1n) is 13.8. The molecule has 3 saturated carbocycles. The van der Waals surface area contributed by atoms with E-state index < -0.39 is 0 Å². The Balaban J connectivity index is 1.20. The number of H-pyrrole nitrogens is 1. The van der Waals surface area contributed by atoms with E-state index >= 15 is 0 Å².